The molecule has 0 atom stereocenters. The standard InChI is InChI=1S/C18H19N3O2/c22-20-16-10-9-15(19-14-7-3-1-4-8-14)13-17(16)21(23)18(20)11-5-2-6-12-18/h1,3-4,7-10,13,19H,2,5-6,11-12H2. The average Bonchev–Trinajstić information content (AvgIpc) is 2.79. The summed E-state index contributed by atoms with van der Waals surface area (Å²) in [5.74, 6) is 0. The van der Waals surface area contributed by atoms with Gasteiger partial charge in [0.15, 0.2) is 0 Å². The number of hydroxylamine groups is 2. The van der Waals surface area contributed by atoms with E-state index in [1.54, 1.807) is 12.1 Å². The molecule has 1 N–H and O–H groups in total. The molecule has 1 spiro atoms. The van der Waals surface area contributed by atoms with Gasteiger partial charge in [-0.2, -0.15) is 0 Å². The molecule has 2 aromatic rings. The van der Waals surface area contributed by atoms with Crippen LogP contribution < -0.4 is 25.5 Å². The molecule has 2 aromatic carbocycles. The second-order valence-electron chi connectivity index (χ2n) is 6.33. The first-order valence-corrected chi connectivity index (χ1v) is 8.12. The van der Waals surface area contributed by atoms with Crippen molar-refractivity contribution in [3.63, 3.8) is 0 Å². The van der Waals surface area contributed by atoms with Crippen LogP contribution in [-0.2, 0) is 0 Å². The Morgan fingerprint density at radius 3 is 2.22 bits per heavy atom. The molecule has 5 nitrogen and oxygen atoms in total. The molecule has 1 aliphatic carbocycles. The van der Waals surface area contributed by atoms with E-state index in [0.29, 0.717) is 23.6 Å². The van der Waals surface area contributed by atoms with Gasteiger partial charge < -0.3 is 15.7 Å². The van der Waals surface area contributed by atoms with Crippen molar-refractivity contribution in [1.29, 1.82) is 0 Å². The van der Waals surface area contributed by atoms with Gasteiger partial charge in [0.1, 0.15) is 0 Å². The number of nitrogens with zero attached hydrogens (tertiary/aromatic N) is 2. The van der Waals surface area contributed by atoms with E-state index in [1.165, 1.54) is 0 Å². The minimum atomic E-state index is -0.925. The Bertz CT molecular complexity index is 856. The first-order valence-electron chi connectivity index (χ1n) is 8.12. The van der Waals surface area contributed by atoms with E-state index in [4.69, 9.17) is 0 Å². The zero-order valence-corrected chi connectivity index (χ0v) is 12.9. The SMILES string of the molecule is [O-][N+]1=c2ccc(Nc3ccccc3)cc2=[N+]([O-])C12CCCCC2. The molecule has 0 bridgehead atoms. The second kappa shape index (κ2) is 5.26. The Labute approximate surface area is 134 Å². The summed E-state index contributed by atoms with van der Waals surface area (Å²) in [6.45, 7) is 0. The molecule has 1 fully saturated rings. The van der Waals surface area contributed by atoms with Crippen LogP contribution in [0.5, 0.6) is 0 Å². The summed E-state index contributed by atoms with van der Waals surface area (Å²) in [5.41, 5.74) is 0.845. The summed E-state index contributed by atoms with van der Waals surface area (Å²) in [6.07, 6.45) is 4.23. The second-order valence-corrected chi connectivity index (χ2v) is 6.33. The van der Waals surface area contributed by atoms with Crippen molar-refractivity contribution in [2.45, 2.75) is 37.8 Å². The maximum absolute atomic E-state index is 12.8. The van der Waals surface area contributed by atoms with Gasteiger partial charge in [0, 0.05) is 23.5 Å². The molecular formula is C18H19N3O2. The van der Waals surface area contributed by atoms with Crippen LogP contribution in [0.3, 0.4) is 0 Å². The minimum absolute atomic E-state index is 0.475. The fraction of sp³-hybridized carbons (Fsp3) is 0.333. The van der Waals surface area contributed by atoms with E-state index < -0.39 is 5.66 Å². The quantitative estimate of drug-likeness (QED) is 0.682. The highest BCUT2D eigenvalue weighted by Crippen LogP contribution is 2.30. The van der Waals surface area contributed by atoms with Gasteiger partial charge in [-0.25, -0.2) is 0 Å². The normalized spacial score (nSPS) is 19.0. The van der Waals surface area contributed by atoms with E-state index >= 15 is 0 Å². The predicted octanol–water partition coefficient (Wildman–Crippen LogP) is 2.08. The van der Waals surface area contributed by atoms with Crippen molar-refractivity contribution < 1.29 is 0 Å². The van der Waals surface area contributed by atoms with Crippen LogP contribution in [0.1, 0.15) is 32.1 Å². The molecule has 0 radical (unpaired) electrons. The van der Waals surface area contributed by atoms with Gasteiger partial charge in [-0.05, 0) is 31.0 Å². The molecule has 1 heterocycles. The van der Waals surface area contributed by atoms with Gasteiger partial charge in [0.2, 0.25) is 0 Å². The number of rotatable bonds is 2. The molecule has 0 amide bonds. The lowest BCUT2D eigenvalue weighted by atomic mass is 9.90. The molecule has 0 aromatic heterocycles. The van der Waals surface area contributed by atoms with Crippen LogP contribution in [-0.4, -0.2) is 5.66 Å². The average molecular weight is 309 g/mol. The number of hydrogen-bond acceptors (Lipinski definition) is 3. The number of anilines is 2. The molecule has 5 heteroatoms. The Balaban J connectivity index is 1.79. The first-order chi connectivity index (χ1) is 11.2. The summed E-state index contributed by atoms with van der Waals surface area (Å²) >= 11 is 0. The van der Waals surface area contributed by atoms with Crippen molar-refractivity contribution in [2.75, 3.05) is 5.32 Å². The van der Waals surface area contributed by atoms with Crippen LogP contribution in [0.15, 0.2) is 48.5 Å². The highest BCUT2D eigenvalue weighted by atomic mass is 16.5. The van der Waals surface area contributed by atoms with Crippen molar-refractivity contribution in [2.24, 2.45) is 0 Å². The van der Waals surface area contributed by atoms with Crippen LogP contribution >= 0.6 is 0 Å². The van der Waals surface area contributed by atoms with E-state index in [1.807, 2.05) is 36.4 Å². The number of hydrogen-bond donors (Lipinski definition) is 1. The molecule has 1 saturated carbocycles. The van der Waals surface area contributed by atoms with Crippen molar-refractivity contribution in [3.8, 4) is 0 Å². The number of fused-ring (bicyclic) bond motifs is 1. The maximum Gasteiger partial charge on any atom is 0.372 e. The summed E-state index contributed by atoms with van der Waals surface area (Å²) in [4.78, 5) is 0. The van der Waals surface area contributed by atoms with Gasteiger partial charge in [-0.1, -0.05) is 24.6 Å². The predicted molar refractivity (Wildman–Crippen MR) is 90.4 cm³/mol. The van der Waals surface area contributed by atoms with Gasteiger partial charge >= 0.3 is 5.66 Å². The monoisotopic (exact) mass is 309 g/mol. The Hall–Kier alpha value is -2.56. The zero-order valence-electron chi connectivity index (χ0n) is 12.9. The zero-order chi connectivity index (χ0) is 15.9. The van der Waals surface area contributed by atoms with Crippen LogP contribution in [0.4, 0.5) is 11.4 Å². The van der Waals surface area contributed by atoms with Crippen LogP contribution in [0.2, 0.25) is 0 Å². The minimum Gasteiger partial charge on any atom is -0.618 e. The number of benzene rings is 2. The largest absolute Gasteiger partial charge is 0.618 e. The van der Waals surface area contributed by atoms with E-state index in [-0.39, 0.29) is 0 Å². The van der Waals surface area contributed by atoms with Gasteiger partial charge in [-0.15, -0.1) is 9.48 Å². The molecule has 4 rings (SSSR count). The third-order valence-electron chi connectivity index (χ3n) is 4.89. The molecule has 0 unspecified atom stereocenters. The lowest BCUT2D eigenvalue weighted by Gasteiger charge is -2.29. The van der Waals surface area contributed by atoms with Crippen molar-refractivity contribution in [1.82, 2.24) is 9.48 Å². The molecule has 1 aliphatic heterocycles. The highest BCUT2D eigenvalue weighted by Gasteiger charge is 2.52. The van der Waals surface area contributed by atoms with E-state index in [2.05, 4.69) is 5.32 Å². The first kappa shape index (κ1) is 14.1. The van der Waals surface area contributed by atoms with Crippen molar-refractivity contribution in [3.05, 3.63) is 69.7 Å². The Morgan fingerprint density at radius 2 is 1.48 bits per heavy atom. The van der Waals surface area contributed by atoms with Crippen LogP contribution in [0.25, 0.3) is 0 Å². The smallest absolute Gasteiger partial charge is 0.372 e. The lowest BCUT2D eigenvalue weighted by molar-refractivity contribution is 0.180. The topological polar surface area (TPSA) is 64.2 Å². The summed E-state index contributed by atoms with van der Waals surface area (Å²) in [6, 6.07) is 15.2. The summed E-state index contributed by atoms with van der Waals surface area (Å²) < 4.78 is 1.89. The molecular weight excluding hydrogens is 290 g/mol. The fourth-order valence-corrected chi connectivity index (χ4v) is 3.68. The molecule has 0 saturated heterocycles. The molecule has 118 valence electrons. The maximum atomic E-state index is 12.8. The van der Waals surface area contributed by atoms with Crippen LogP contribution in [0, 0.1) is 10.4 Å². The van der Waals surface area contributed by atoms with E-state index in [9.17, 15) is 10.4 Å². The fourth-order valence-electron chi connectivity index (χ4n) is 3.68. The lowest BCUT2D eigenvalue weighted by Crippen LogP contribution is -2.53. The third-order valence-corrected chi connectivity index (χ3v) is 4.89. The molecule has 23 heavy (non-hydrogen) atoms. The van der Waals surface area contributed by atoms with E-state index in [0.717, 1.165) is 40.1 Å². The number of para-hydroxylation sites is 1. The van der Waals surface area contributed by atoms with Gasteiger partial charge in [-0.3, -0.25) is 0 Å². The van der Waals surface area contributed by atoms with Gasteiger partial charge in [0.25, 0.3) is 10.7 Å². The Kier molecular flexibility index (Phi) is 3.22. The third kappa shape index (κ3) is 2.15. The summed E-state index contributed by atoms with van der Waals surface area (Å²) in [7, 11) is 0. The Morgan fingerprint density at radius 1 is 0.783 bits per heavy atom. The van der Waals surface area contributed by atoms with Crippen molar-refractivity contribution >= 4 is 11.4 Å². The number of nitrogens with one attached hydrogen (secondary N) is 1. The highest BCUT2D eigenvalue weighted by molar-refractivity contribution is 5.58. The van der Waals surface area contributed by atoms with Gasteiger partial charge in [0.05, 0.1) is 12.8 Å². The summed E-state index contributed by atoms with van der Waals surface area (Å²) in [5, 5.41) is 29.8. The molecule has 2 aliphatic rings.